The van der Waals surface area contributed by atoms with Crippen LogP contribution >= 0.6 is 27.3 Å². The Hall–Kier alpha value is -1.38. The predicted molar refractivity (Wildman–Crippen MR) is 119 cm³/mol. The monoisotopic (exact) mass is 487 g/mol. The van der Waals surface area contributed by atoms with Crippen LogP contribution in [-0.2, 0) is 4.74 Å². The van der Waals surface area contributed by atoms with E-state index in [0.717, 1.165) is 10.5 Å². The van der Waals surface area contributed by atoms with Crippen LogP contribution in [0.2, 0.25) is 25.7 Å². The van der Waals surface area contributed by atoms with E-state index in [0.29, 0.717) is 30.2 Å². The Labute approximate surface area is 179 Å². The van der Waals surface area contributed by atoms with E-state index >= 15 is 0 Å². The lowest BCUT2D eigenvalue weighted by molar-refractivity contribution is 0.108. The molecule has 1 atom stereocenters. The van der Waals surface area contributed by atoms with Gasteiger partial charge in [0.25, 0.3) is 0 Å². The summed E-state index contributed by atoms with van der Waals surface area (Å²) < 4.78 is 26.4. The molecule has 1 aromatic heterocycles. The van der Waals surface area contributed by atoms with Crippen molar-refractivity contribution in [3.63, 3.8) is 0 Å². The minimum absolute atomic E-state index is 0.289. The maximum absolute atomic E-state index is 14.2. The molecule has 0 bridgehead atoms. The summed E-state index contributed by atoms with van der Waals surface area (Å²) in [7, 11) is 0.445. The summed E-state index contributed by atoms with van der Waals surface area (Å²) >= 11 is 4.77. The number of nitrogens with zero attached hydrogens (tertiary/aromatic N) is 1. The van der Waals surface area contributed by atoms with Gasteiger partial charge in [0.05, 0.1) is 16.0 Å². The standard InChI is InChI=1S/C20H27BrFNO3SSi/c1-23(20(24)25-12-14-28(2,3)4)11-9-18(19-16(22)10-13-27-19)26-17-8-6-5-7-15(17)21/h5-8,10,13,18H,9,11-12,14H2,1-4H3. The fourth-order valence-electron chi connectivity index (χ4n) is 2.43. The molecule has 0 spiro atoms. The van der Waals surface area contributed by atoms with E-state index in [4.69, 9.17) is 9.47 Å². The number of hydrogen-bond donors (Lipinski definition) is 0. The van der Waals surface area contributed by atoms with Gasteiger partial charge in [-0.25, -0.2) is 9.18 Å². The Kier molecular flexibility index (Phi) is 8.51. The lowest BCUT2D eigenvalue weighted by Crippen LogP contribution is -2.31. The quantitative estimate of drug-likeness (QED) is 0.375. The minimum Gasteiger partial charge on any atom is -0.484 e. The number of benzene rings is 1. The van der Waals surface area contributed by atoms with Crippen LogP contribution in [0.25, 0.3) is 0 Å². The number of hydrogen-bond acceptors (Lipinski definition) is 4. The van der Waals surface area contributed by atoms with Gasteiger partial charge in [-0.3, -0.25) is 0 Å². The molecule has 1 unspecified atom stereocenters. The maximum atomic E-state index is 14.2. The topological polar surface area (TPSA) is 38.8 Å². The first-order valence-corrected chi connectivity index (χ1v) is 14.6. The lowest BCUT2D eigenvalue weighted by atomic mass is 10.2. The average molecular weight is 488 g/mol. The third-order valence-electron chi connectivity index (χ3n) is 4.16. The van der Waals surface area contributed by atoms with Crippen molar-refractivity contribution in [1.29, 1.82) is 0 Å². The molecule has 1 aromatic carbocycles. The summed E-state index contributed by atoms with van der Waals surface area (Å²) in [6, 6.07) is 9.83. The molecule has 0 saturated carbocycles. The highest BCUT2D eigenvalue weighted by Crippen LogP contribution is 2.34. The molecule has 2 rings (SSSR count). The smallest absolute Gasteiger partial charge is 0.409 e. The largest absolute Gasteiger partial charge is 0.484 e. The number of carbonyl (C=O) groups is 1. The molecule has 4 nitrogen and oxygen atoms in total. The van der Waals surface area contributed by atoms with E-state index < -0.39 is 14.2 Å². The number of rotatable bonds is 9. The van der Waals surface area contributed by atoms with Crippen LogP contribution in [0.1, 0.15) is 17.4 Å². The SMILES string of the molecule is CN(CCC(Oc1ccccc1Br)c1sccc1F)C(=O)OCC[Si](C)(C)C. The molecular weight excluding hydrogens is 461 g/mol. The highest BCUT2D eigenvalue weighted by molar-refractivity contribution is 9.10. The van der Waals surface area contributed by atoms with Crippen LogP contribution in [0, 0.1) is 5.82 Å². The molecule has 0 aliphatic carbocycles. The van der Waals surface area contributed by atoms with Crippen LogP contribution in [0.15, 0.2) is 40.2 Å². The number of halogens is 2. The van der Waals surface area contributed by atoms with E-state index in [2.05, 4.69) is 35.6 Å². The number of thiophene rings is 1. The van der Waals surface area contributed by atoms with Gasteiger partial charge in [0.1, 0.15) is 17.7 Å². The van der Waals surface area contributed by atoms with Crippen molar-refractivity contribution in [3.8, 4) is 5.75 Å². The van der Waals surface area contributed by atoms with Crippen molar-refractivity contribution < 1.29 is 18.7 Å². The Morgan fingerprint density at radius 2 is 2.00 bits per heavy atom. The number of ether oxygens (including phenoxy) is 2. The van der Waals surface area contributed by atoms with Gasteiger partial charge in [-0.2, -0.15) is 0 Å². The molecule has 0 aliphatic heterocycles. The van der Waals surface area contributed by atoms with Gasteiger partial charge in [-0.1, -0.05) is 31.8 Å². The summed E-state index contributed by atoms with van der Waals surface area (Å²) in [5.74, 6) is 0.350. The molecule has 0 radical (unpaired) electrons. The first kappa shape index (κ1) is 22.9. The van der Waals surface area contributed by atoms with Crippen LogP contribution in [0.3, 0.4) is 0 Å². The third kappa shape index (κ3) is 7.22. The highest BCUT2D eigenvalue weighted by Gasteiger charge is 2.22. The normalized spacial score (nSPS) is 12.5. The van der Waals surface area contributed by atoms with Crippen molar-refractivity contribution in [1.82, 2.24) is 4.90 Å². The fraction of sp³-hybridized carbons (Fsp3) is 0.450. The second-order valence-electron chi connectivity index (χ2n) is 7.80. The Bertz CT molecular complexity index is 781. The minimum atomic E-state index is -1.25. The third-order valence-corrected chi connectivity index (χ3v) is 7.50. The van der Waals surface area contributed by atoms with Gasteiger partial charge >= 0.3 is 6.09 Å². The predicted octanol–water partition coefficient (Wildman–Crippen LogP) is 6.57. The zero-order chi connectivity index (χ0) is 20.7. The van der Waals surface area contributed by atoms with Gasteiger partial charge in [-0.15, -0.1) is 11.3 Å². The van der Waals surface area contributed by atoms with Crippen molar-refractivity contribution >= 4 is 41.4 Å². The average Bonchev–Trinajstić information content (AvgIpc) is 3.04. The second kappa shape index (κ2) is 10.4. The zero-order valence-electron chi connectivity index (χ0n) is 16.7. The van der Waals surface area contributed by atoms with Crippen molar-refractivity contribution in [2.75, 3.05) is 20.2 Å². The Morgan fingerprint density at radius 3 is 2.61 bits per heavy atom. The van der Waals surface area contributed by atoms with Gasteiger partial charge in [0, 0.05) is 28.1 Å². The zero-order valence-corrected chi connectivity index (χ0v) is 20.1. The molecule has 0 saturated heterocycles. The van der Waals surface area contributed by atoms with E-state index in [9.17, 15) is 9.18 Å². The van der Waals surface area contributed by atoms with Crippen molar-refractivity contribution in [2.45, 2.75) is 38.2 Å². The van der Waals surface area contributed by atoms with Crippen molar-refractivity contribution in [3.05, 3.63) is 50.9 Å². The summed E-state index contributed by atoms with van der Waals surface area (Å²) in [5, 5.41) is 1.70. The van der Waals surface area contributed by atoms with Gasteiger partial charge < -0.3 is 14.4 Å². The molecule has 0 fully saturated rings. The van der Waals surface area contributed by atoms with Gasteiger partial charge in [-0.05, 0) is 45.6 Å². The molecule has 1 heterocycles. The summed E-state index contributed by atoms with van der Waals surface area (Å²) in [6.07, 6.45) is -0.390. The molecule has 0 N–H and O–H groups in total. The van der Waals surface area contributed by atoms with E-state index in [-0.39, 0.29) is 11.9 Å². The number of para-hydroxylation sites is 1. The first-order valence-electron chi connectivity index (χ1n) is 9.19. The Balaban J connectivity index is 1.98. The van der Waals surface area contributed by atoms with Crippen LogP contribution < -0.4 is 4.74 Å². The summed E-state index contributed by atoms with van der Waals surface area (Å²) in [5.41, 5.74) is 0. The molecule has 154 valence electrons. The van der Waals surface area contributed by atoms with Crippen LogP contribution in [0.5, 0.6) is 5.75 Å². The molecular formula is C20H27BrFNO3SSi. The van der Waals surface area contributed by atoms with E-state index in [1.165, 1.54) is 22.3 Å². The van der Waals surface area contributed by atoms with Crippen LogP contribution in [-0.4, -0.2) is 39.3 Å². The molecule has 0 aliphatic rings. The fourth-order valence-corrected chi connectivity index (χ4v) is 4.35. The van der Waals surface area contributed by atoms with E-state index in [1.54, 1.807) is 12.4 Å². The van der Waals surface area contributed by atoms with Crippen molar-refractivity contribution in [2.24, 2.45) is 0 Å². The summed E-state index contributed by atoms with van der Waals surface area (Å²) in [4.78, 5) is 14.3. The van der Waals surface area contributed by atoms with Gasteiger partial charge in [0.15, 0.2) is 0 Å². The molecule has 28 heavy (non-hydrogen) atoms. The van der Waals surface area contributed by atoms with Crippen LogP contribution in [0.4, 0.5) is 9.18 Å². The molecule has 8 heteroatoms. The Morgan fingerprint density at radius 1 is 1.29 bits per heavy atom. The summed E-state index contributed by atoms with van der Waals surface area (Å²) in [6.45, 7) is 7.56. The second-order valence-corrected chi connectivity index (χ2v) is 15.2. The van der Waals surface area contributed by atoms with Gasteiger partial charge in [0.2, 0.25) is 0 Å². The highest BCUT2D eigenvalue weighted by atomic mass is 79.9. The molecule has 2 aromatic rings. The number of amides is 1. The van der Waals surface area contributed by atoms with E-state index in [1.807, 2.05) is 24.3 Å². The maximum Gasteiger partial charge on any atom is 0.409 e. The lowest BCUT2D eigenvalue weighted by Gasteiger charge is -2.23. The molecule has 1 amide bonds. The first-order chi connectivity index (χ1) is 13.2. The number of carbonyl (C=O) groups excluding carboxylic acids is 1.